The van der Waals surface area contributed by atoms with Crippen molar-refractivity contribution in [1.29, 1.82) is 0 Å². The number of rotatable bonds is 5. The average molecular weight is 206 g/mol. The van der Waals surface area contributed by atoms with Crippen LogP contribution in [0.2, 0.25) is 0 Å². The van der Waals surface area contributed by atoms with Gasteiger partial charge in [-0.25, -0.2) is 0 Å². The first-order valence-corrected chi connectivity index (χ1v) is 5.31. The van der Waals surface area contributed by atoms with E-state index in [1.165, 1.54) is 0 Å². The van der Waals surface area contributed by atoms with Crippen LogP contribution in [0.1, 0.15) is 31.7 Å². The van der Waals surface area contributed by atoms with Gasteiger partial charge in [0.1, 0.15) is 6.10 Å². The number of carbonyl (C=O) groups is 1. The second-order valence-electron chi connectivity index (χ2n) is 3.68. The summed E-state index contributed by atoms with van der Waals surface area (Å²) in [5.41, 5.74) is 1.14. The van der Waals surface area contributed by atoms with Crippen LogP contribution in [0, 0.1) is 0 Å². The van der Waals surface area contributed by atoms with Gasteiger partial charge >= 0.3 is 0 Å². The van der Waals surface area contributed by atoms with Crippen molar-refractivity contribution in [2.45, 2.75) is 32.3 Å². The first-order chi connectivity index (χ1) is 7.20. The van der Waals surface area contributed by atoms with Crippen LogP contribution in [0.5, 0.6) is 0 Å². The van der Waals surface area contributed by atoms with Crippen LogP contribution < -0.4 is 0 Å². The van der Waals surface area contributed by atoms with Crippen LogP contribution in [0.15, 0.2) is 30.3 Å². The predicted molar refractivity (Wildman–Crippen MR) is 61.0 cm³/mol. The molecule has 0 amide bonds. The molecule has 0 radical (unpaired) electrons. The van der Waals surface area contributed by atoms with Gasteiger partial charge < -0.3 is 4.74 Å². The van der Waals surface area contributed by atoms with Crippen LogP contribution in [-0.4, -0.2) is 19.0 Å². The van der Waals surface area contributed by atoms with Crippen molar-refractivity contribution in [2.24, 2.45) is 0 Å². The summed E-state index contributed by atoms with van der Waals surface area (Å²) in [6, 6.07) is 9.99. The van der Waals surface area contributed by atoms with Crippen LogP contribution >= 0.6 is 0 Å². The summed E-state index contributed by atoms with van der Waals surface area (Å²) in [5, 5.41) is 0. The Morgan fingerprint density at radius 3 is 2.40 bits per heavy atom. The van der Waals surface area contributed by atoms with E-state index in [9.17, 15) is 4.79 Å². The lowest BCUT2D eigenvalue weighted by Gasteiger charge is -2.21. The highest BCUT2D eigenvalue weighted by Gasteiger charge is 2.24. The van der Waals surface area contributed by atoms with Gasteiger partial charge in [-0.1, -0.05) is 44.2 Å². The fraction of sp³-hybridized carbons (Fsp3) is 0.462. The van der Waals surface area contributed by atoms with Crippen LogP contribution in [-0.2, 0) is 9.53 Å². The van der Waals surface area contributed by atoms with Gasteiger partial charge in [0.15, 0.2) is 5.78 Å². The fourth-order valence-electron chi connectivity index (χ4n) is 1.75. The molecule has 0 bridgehead atoms. The highest BCUT2D eigenvalue weighted by atomic mass is 16.5. The summed E-state index contributed by atoms with van der Waals surface area (Å²) >= 11 is 0. The molecule has 15 heavy (non-hydrogen) atoms. The summed E-state index contributed by atoms with van der Waals surface area (Å²) in [5.74, 6) is 0.275. The average Bonchev–Trinajstić information content (AvgIpc) is 2.30. The van der Waals surface area contributed by atoms with Gasteiger partial charge in [-0.05, 0) is 5.56 Å². The Hall–Kier alpha value is -1.15. The van der Waals surface area contributed by atoms with E-state index in [1.54, 1.807) is 7.11 Å². The Morgan fingerprint density at radius 2 is 1.93 bits per heavy atom. The molecule has 1 aromatic carbocycles. The van der Waals surface area contributed by atoms with Crippen molar-refractivity contribution in [3.63, 3.8) is 0 Å². The molecule has 0 aliphatic carbocycles. The van der Waals surface area contributed by atoms with Crippen molar-refractivity contribution >= 4 is 5.78 Å². The van der Waals surface area contributed by atoms with Crippen LogP contribution in [0.25, 0.3) is 0 Å². The van der Waals surface area contributed by atoms with E-state index in [0.717, 1.165) is 5.56 Å². The second-order valence-corrected chi connectivity index (χ2v) is 3.68. The quantitative estimate of drug-likeness (QED) is 0.740. The maximum atomic E-state index is 11.6. The molecule has 0 saturated heterocycles. The maximum absolute atomic E-state index is 11.6. The lowest BCUT2D eigenvalue weighted by molar-refractivity contribution is -0.129. The molecule has 2 unspecified atom stereocenters. The predicted octanol–water partition coefficient (Wildman–Crippen LogP) is 2.78. The van der Waals surface area contributed by atoms with Crippen LogP contribution in [0.4, 0.5) is 0 Å². The third-order valence-electron chi connectivity index (χ3n) is 2.70. The van der Waals surface area contributed by atoms with Crippen molar-refractivity contribution in [3.8, 4) is 0 Å². The zero-order chi connectivity index (χ0) is 11.3. The number of benzene rings is 1. The lowest BCUT2D eigenvalue weighted by atomic mass is 9.92. The van der Waals surface area contributed by atoms with Gasteiger partial charge in [0.2, 0.25) is 0 Å². The van der Waals surface area contributed by atoms with E-state index in [4.69, 9.17) is 4.74 Å². The van der Waals surface area contributed by atoms with Crippen molar-refractivity contribution in [3.05, 3.63) is 35.9 Å². The second kappa shape index (κ2) is 5.66. The van der Waals surface area contributed by atoms with Gasteiger partial charge in [-0.15, -0.1) is 0 Å². The standard InChI is InChI=1S/C13H18O2/c1-4-12(14)13(15-3)10(2)11-8-6-5-7-9-11/h5-10,13H,4H2,1-3H3. The van der Waals surface area contributed by atoms with Crippen molar-refractivity contribution in [2.75, 3.05) is 7.11 Å². The SMILES string of the molecule is CCC(=O)C(OC)C(C)c1ccccc1. The molecule has 0 aliphatic rings. The Labute approximate surface area is 91.3 Å². The molecule has 2 nitrogen and oxygen atoms in total. The Morgan fingerprint density at radius 1 is 1.33 bits per heavy atom. The van der Waals surface area contributed by atoms with Gasteiger partial charge in [-0.2, -0.15) is 0 Å². The van der Waals surface area contributed by atoms with Gasteiger partial charge in [0.05, 0.1) is 0 Å². The number of Topliss-reactive ketones (excluding diaryl/α,β-unsaturated/α-hetero) is 1. The molecule has 1 aromatic rings. The van der Waals surface area contributed by atoms with E-state index in [1.807, 2.05) is 44.2 Å². The molecule has 0 saturated carbocycles. The number of methoxy groups -OCH3 is 1. The molecule has 2 heteroatoms. The van der Waals surface area contributed by atoms with E-state index in [2.05, 4.69) is 0 Å². The molecular weight excluding hydrogens is 188 g/mol. The number of carbonyl (C=O) groups excluding carboxylic acids is 1. The molecule has 1 rings (SSSR count). The Balaban J connectivity index is 2.82. The van der Waals surface area contributed by atoms with E-state index >= 15 is 0 Å². The van der Waals surface area contributed by atoms with Crippen molar-refractivity contribution in [1.82, 2.24) is 0 Å². The summed E-state index contributed by atoms with van der Waals surface area (Å²) in [6.45, 7) is 3.89. The first-order valence-electron chi connectivity index (χ1n) is 5.31. The lowest BCUT2D eigenvalue weighted by Crippen LogP contribution is -2.28. The zero-order valence-electron chi connectivity index (χ0n) is 9.57. The maximum Gasteiger partial charge on any atom is 0.161 e. The zero-order valence-corrected chi connectivity index (χ0v) is 9.57. The van der Waals surface area contributed by atoms with E-state index in [-0.39, 0.29) is 17.8 Å². The summed E-state index contributed by atoms with van der Waals surface area (Å²) in [6.07, 6.45) is 0.202. The third kappa shape index (κ3) is 2.90. The minimum Gasteiger partial charge on any atom is -0.373 e. The monoisotopic (exact) mass is 206 g/mol. The largest absolute Gasteiger partial charge is 0.373 e. The summed E-state index contributed by atoms with van der Waals surface area (Å²) in [7, 11) is 1.59. The topological polar surface area (TPSA) is 26.3 Å². The van der Waals surface area contributed by atoms with Crippen LogP contribution in [0.3, 0.4) is 0 Å². The molecule has 0 heterocycles. The number of hydrogen-bond acceptors (Lipinski definition) is 2. The molecule has 0 spiro atoms. The Bertz CT molecular complexity index is 306. The highest BCUT2D eigenvalue weighted by molar-refractivity contribution is 5.83. The number of hydrogen-bond donors (Lipinski definition) is 0. The molecule has 0 N–H and O–H groups in total. The molecule has 2 atom stereocenters. The first kappa shape index (κ1) is 11.9. The molecule has 0 fully saturated rings. The Kier molecular flexibility index (Phi) is 4.50. The molecule has 0 aromatic heterocycles. The summed E-state index contributed by atoms with van der Waals surface area (Å²) < 4.78 is 5.27. The number of ether oxygens (including phenoxy) is 1. The van der Waals surface area contributed by atoms with Gasteiger partial charge in [0, 0.05) is 19.4 Å². The smallest absolute Gasteiger partial charge is 0.161 e. The third-order valence-corrected chi connectivity index (χ3v) is 2.70. The van der Waals surface area contributed by atoms with E-state index < -0.39 is 0 Å². The fourth-order valence-corrected chi connectivity index (χ4v) is 1.75. The minimum absolute atomic E-state index is 0.114. The summed E-state index contributed by atoms with van der Waals surface area (Å²) in [4.78, 5) is 11.6. The van der Waals surface area contributed by atoms with Crippen molar-refractivity contribution < 1.29 is 9.53 Å². The normalized spacial score (nSPS) is 14.6. The van der Waals surface area contributed by atoms with Gasteiger partial charge in [0.25, 0.3) is 0 Å². The highest BCUT2D eigenvalue weighted by Crippen LogP contribution is 2.22. The minimum atomic E-state index is -0.322. The molecule has 0 aliphatic heterocycles. The molecule has 82 valence electrons. The van der Waals surface area contributed by atoms with E-state index in [0.29, 0.717) is 6.42 Å². The number of ketones is 1. The molecular formula is C13H18O2. The van der Waals surface area contributed by atoms with Gasteiger partial charge in [-0.3, -0.25) is 4.79 Å².